The van der Waals surface area contributed by atoms with Crippen molar-refractivity contribution in [3.63, 3.8) is 0 Å². The van der Waals surface area contributed by atoms with Gasteiger partial charge in [0.25, 0.3) is 0 Å². The van der Waals surface area contributed by atoms with Gasteiger partial charge in [-0.3, -0.25) is 4.79 Å². The summed E-state index contributed by atoms with van der Waals surface area (Å²) in [6.45, 7) is 2.27. The topological polar surface area (TPSA) is 74.8 Å². The molecule has 2 aliphatic carbocycles. The number of amides is 1. The Kier molecular flexibility index (Phi) is 5.61. The molecule has 4 rings (SSSR count). The molecule has 8 heteroatoms. The largest absolute Gasteiger partial charge is 0.311 e. The summed E-state index contributed by atoms with van der Waals surface area (Å²) >= 11 is 7.56. The maximum atomic E-state index is 13.0. The summed E-state index contributed by atoms with van der Waals surface area (Å²) in [5.41, 5.74) is 1.68. The van der Waals surface area contributed by atoms with Gasteiger partial charge in [-0.25, -0.2) is 0 Å². The van der Waals surface area contributed by atoms with E-state index >= 15 is 0 Å². The standard InChI is InChI=1S/C20H22ClN5OS/c1-13-11-16(7-8-17(13)21)25(10-2-9-22)18(27)12-28-20-24-23-19(14-3-4-14)26(20)15-5-6-15/h7-8,11,14-15H,2-6,10,12H2,1H3. The number of nitrogens with zero attached hydrogens (tertiary/aromatic N) is 5. The van der Waals surface area contributed by atoms with Crippen LogP contribution in [0.15, 0.2) is 23.4 Å². The van der Waals surface area contributed by atoms with Gasteiger partial charge < -0.3 is 9.47 Å². The van der Waals surface area contributed by atoms with Crippen LogP contribution in [0.5, 0.6) is 0 Å². The van der Waals surface area contributed by atoms with Crippen molar-refractivity contribution in [2.24, 2.45) is 0 Å². The summed E-state index contributed by atoms with van der Waals surface area (Å²) in [5, 5.41) is 19.2. The van der Waals surface area contributed by atoms with Crippen LogP contribution in [-0.2, 0) is 4.79 Å². The van der Waals surface area contributed by atoms with E-state index in [0.717, 1.165) is 35.1 Å². The van der Waals surface area contributed by atoms with E-state index in [1.807, 2.05) is 19.1 Å². The van der Waals surface area contributed by atoms with Crippen molar-refractivity contribution in [2.45, 2.75) is 56.1 Å². The lowest BCUT2D eigenvalue weighted by Gasteiger charge is -2.22. The first-order valence-corrected chi connectivity index (χ1v) is 11.0. The highest BCUT2D eigenvalue weighted by Gasteiger charge is 2.36. The lowest BCUT2D eigenvalue weighted by Crippen LogP contribution is -2.33. The second-order valence-electron chi connectivity index (χ2n) is 7.39. The second-order valence-corrected chi connectivity index (χ2v) is 8.74. The first kappa shape index (κ1) is 19.3. The Hall–Kier alpha value is -2.04. The highest BCUT2D eigenvalue weighted by atomic mass is 35.5. The average molecular weight is 416 g/mol. The van der Waals surface area contributed by atoms with E-state index in [9.17, 15) is 4.79 Å². The summed E-state index contributed by atoms with van der Waals surface area (Å²) < 4.78 is 2.25. The number of hydrogen-bond donors (Lipinski definition) is 0. The predicted molar refractivity (Wildman–Crippen MR) is 110 cm³/mol. The van der Waals surface area contributed by atoms with Crippen molar-refractivity contribution in [3.05, 3.63) is 34.6 Å². The SMILES string of the molecule is Cc1cc(N(CCC#N)C(=O)CSc2nnc(C3CC3)n2C2CC2)ccc1Cl. The fourth-order valence-electron chi connectivity index (χ4n) is 3.24. The molecule has 146 valence electrons. The molecule has 0 unspecified atom stereocenters. The minimum atomic E-state index is -0.0414. The van der Waals surface area contributed by atoms with Gasteiger partial charge in [-0.05, 0) is 56.4 Å². The van der Waals surface area contributed by atoms with E-state index in [1.54, 1.807) is 11.0 Å². The zero-order valence-electron chi connectivity index (χ0n) is 15.8. The number of rotatable bonds is 8. The number of hydrogen-bond acceptors (Lipinski definition) is 5. The molecule has 1 aromatic heterocycles. The van der Waals surface area contributed by atoms with Gasteiger partial charge in [0.2, 0.25) is 5.91 Å². The van der Waals surface area contributed by atoms with Gasteiger partial charge in [0.15, 0.2) is 5.16 Å². The summed E-state index contributed by atoms with van der Waals surface area (Å²) in [7, 11) is 0. The molecule has 2 saturated carbocycles. The number of aryl methyl sites for hydroxylation is 1. The van der Waals surface area contributed by atoms with Gasteiger partial charge in [0.1, 0.15) is 5.82 Å². The fourth-order valence-corrected chi connectivity index (χ4v) is 4.25. The van der Waals surface area contributed by atoms with Crippen molar-refractivity contribution in [1.82, 2.24) is 14.8 Å². The number of carbonyl (C=O) groups is 1. The molecule has 2 aliphatic rings. The summed E-state index contributed by atoms with van der Waals surface area (Å²) in [6, 6.07) is 8.13. The summed E-state index contributed by atoms with van der Waals surface area (Å²) in [4.78, 5) is 14.6. The first-order valence-electron chi connectivity index (χ1n) is 9.59. The molecule has 6 nitrogen and oxygen atoms in total. The number of anilines is 1. The van der Waals surface area contributed by atoms with Gasteiger partial charge in [-0.15, -0.1) is 10.2 Å². The van der Waals surface area contributed by atoms with E-state index in [1.165, 1.54) is 24.6 Å². The van der Waals surface area contributed by atoms with E-state index in [-0.39, 0.29) is 18.1 Å². The van der Waals surface area contributed by atoms with Crippen LogP contribution in [0.2, 0.25) is 5.02 Å². The number of nitriles is 1. The fraction of sp³-hybridized carbons (Fsp3) is 0.500. The molecule has 0 spiro atoms. The molecular weight excluding hydrogens is 394 g/mol. The van der Waals surface area contributed by atoms with E-state index in [4.69, 9.17) is 16.9 Å². The number of thioether (sulfide) groups is 1. The predicted octanol–water partition coefficient (Wildman–Crippen LogP) is 4.49. The lowest BCUT2D eigenvalue weighted by atomic mass is 10.2. The number of halogens is 1. The van der Waals surface area contributed by atoms with Crippen LogP contribution in [0.1, 0.15) is 55.5 Å². The zero-order valence-corrected chi connectivity index (χ0v) is 17.3. The minimum absolute atomic E-state index is 0.0414. The van der Waals surface area contributed by atoms with Crippen molar-refractivity contribution >= 4 is 35.0 Å². The van der Waals surface area contributed by atoms with Gasteiger partial charge in [-0.1, -0.05) is 23.4 Å². The highest BCUT2D eigenvalue weighted by molar-refractivity contribution is 7.99. The van der Waals surface area contributed by atoms with Crippen LogP contribution in [0, 0.1) is 18.3 Å². The number of aromatic nitrogens is 3. The van der Waals surface area contributed by atoms with Crippen LogP contribution >= 0.6 is 23.4 Å². The maximum Gasteiger partial charge on any atom is 0.237 e. The lowest BCUT2D eigenvalue weighted by molar-refractivity contribution is -0.116. The van der Waals surface area contributed by atoms with Crippen LogP contribution < -0.4 is 4.90 Å². The molecule has 1 aromatic carbocycles. The van der Waals surface area contributed by atoms with Gasteiger partial charge in [0, 0.05) is 29.2 Å². The molecule has 1 amide bonds. The number of benzene rings is 1. The molecule has 0 atom stereocenters. The second kappa shape index (κ2) is 8.14. The minimum Gasteiger partial charge on any atom is -0.311 e. The first-order chi connectivity index (χ1) is 13.6. The Morgan fingerprint density at radius 3 is 2.79 bits per heavy atom. The Bertz CT molecular complexity index is 929. The summed E-state index contributed by atoms with van der Waals surface area (Å²) in [5.74, 6) is 1.86. The van der Waals surface area contributed by atoms with Crippen molar-refractivity contribution in [3.8, 4) is 6.07 Å². The third-order valence-corrected chi connectivity index (χ3v) is 6.42. The Labute approximate surface area is 173 Å². The van der Waals surface area contributed by atoms with Crippen LogP contribution in [0.25, 0.3) is 0 Å². The van der Waals surface area contributed by atoms with Gasteiger partial charge in [0.05, 0.1) is 18.2 Å². The molecule has 2 aromatic rings. The van der Waals surface area contributed by atoms with Crippen LogP contribution in [0.3, 0.4) is 0 Å². The quantitative estimate of drug-likeness (QED) is 0.593. The normalized spacial score (nSPS) is 16.0. The van der Waals surface area contributed by atoms with E-state index in [2.05, 4.69) is 20.8 Å². The van der Waals surface area contributed by atoms with Crippen molar-refractivity contribution < 1.29 is 4.79 Å². The summed E-state index contributed by atoms with van der Waals surface area (Å²) in [6.07, 6.45) is 4.98. The smallest absolute Gasteiger partial charge is 0.237 e. The van der Waals surface area contributed by atoms with Crippen molar-refractivity contribution in [2.75, 3.05) is 17.2 Å². The molecule has 0 saturated heterocycles. The average Bonchev–Trinajstić information content (AvgIpc) is 3.62. The third kappa shape index (κ3) is 4.18. The van der Waals surface area contributed by atoms with Gasteiger partial charge in [-0.2, -0.15) is 5.26 Å². The zero-order chi connectivity index (χ0) is 19.7. The van der Waals surface area contributed by atoms with Crippen LogP contribution in [-0.4, -0.2) is 33.0 Å². The molecule has 0 bridgehead atoms. The molecule has 0 aliphatic heterocycles. The van der Waals surface area contributed by atoms with E-state index in [0.29, 0.717) is 23.5 Å². The molecule has 1 heterocycles. The van der Waals surface area contributed by atoms with E-state index < -0.39 is 0 Å². The third-order valence-electron chi connectivity index (χ3n) is 5.07. The Morgan fingerprint density at radius 1 is 1.36 bits per heavy atom. The molecule has 2 fully saturated rings. The Balaban J connectivity index is 1.49. The molecule has 0 N–H and O–H groups in total. The van der Waals surface area contributed by atoms with Crippen LogP contribution in [0.4, 0.5) is 5.69 Å². The molecular formula is C20H22ClN5OS. The number of carbonyl (C=O) groups excluding carboxylic acids is 1. The molecule has 0 radical (unpaired) electrons. The highest BCUT2D eigenvalue weighted by Crippen LogP contribution is 2.46. The molecule has 28 heavy (non-hydrogen) atoms. The van der Waals surface area contributed by atoms with Gasteiger partial charge >= 0.3 is 0 Å². The Morgan fingerprint density at radius 2 is 2.14 bits per heavy atom. The van der Waals surface area contributed by atoms with Crippen molar-refractivity contribution in [1.29, 1.82) is 5.26 Å². The monoisotopic (exact) mass is 415 g/mol. The maximum absolute atomic E-state index is 13.0.